The monoisotopic (exact) mass is 247 g/mol. The summed E-state index contributed by atoms with van der Waals surface area (Å²) in [7, 11) is 0. The number of esters is 1. The number of ether oxygens (including phenoxy) is 1. The van der Waals surface area contributed by atoms with Crippen molar-refractivity contribution < 1.29 is 24.3 Å². The molecule has 0 rings (SSSR count). The summed E-state index contributed by atoms with van der Waals surface area (Å²) >= 11 is 0. The van der Waals surface area contributed by atoms with Crippen LogP contribution in [0.15, 0.2) is 10.5 Å². The standard InChI is InChI=1S/C9H17N3O5/c1-4-9(15)16-6-17-11-10-12(7(2)3)5-8(13)14/h7H,4-6H2,1-3H3,(H,13,14)/b11-10-. The van der Waals surface area contributed by atoms with Crippen LogP contribution in [-0.4, -0.2) is 41.4 Å². The second kappa shape index (κ2) is 8.31. The number of hydrogen-bond acceptors (Lipinski definition) is 6. The van der Waals surface area contributed by atoms with Gasteiger partial charge in [-0.05, 0) is 19.1 Å². The Balaban J connectivity index is 3.93. The maximum atomic E-state index is 10.7. The fraction of sp³-hybridized carbons (Fsp3) is 0.778. The number of aliphatic carboxylic acids is 1. The second-order valence-corrected chi connectivity index (χ2v) is 3.37. The minimum absolute atomic E-state index is 0.128. The van der Waals surface area contributed by atoms with Gasteiger partial charge in [0.25, 0.3) is 6.79 Å². The molecular weight excluding hydrogens is 230 g/mol. The summed E-state index contributed by atoms with van der Waals surface area (Å²) in [5.41, 5.74) is 0. The highest BCUT2D eigenvalue weighted by atomic mass is 16.8. The van der Waals surface area contributed by atoms with Crippen molar-refractivity contribution in [2.24, 2.45) is 10.5 Å². The van der Waals surface area contributed by atoms with Gasteiger partial charge in [0.2, 0.25) is 0 Å². The van der Waals surface area contributed by atoms with E-state index in [1.54, 1.807) is 20.8 Å². The smallest absolute Gasteiger partial charge is 0.324 e. The minimum Gasteiger partial charge on any atom is -0.480 e. The molecule has 0 aliphatic heterocycles. The molecule has 1 N–H and O–H groups in total. The van der Waals surface area contributed by atoms with E-state index < -0.39 is 11.9 Å². The van der Waals surface area contributed by atoms with E-state index in [1.807, 2.05) is 0 Å². The molecule has 0 saturated heterocycles. The molecule has 0 aliphatic rings. The van der Waals surface area contributed by atoms with Gasteiger partial charge in [0.1, 0.15) is 6.54 Å². The Bertz CT molecular complexity index is 280. The summed E-state index contributed by atoms with van der Waals surface area (Å²) in [6, 6.07) is -0.128. The Morgan fingerprint density at radius 3 is 2.53 bits per heavy atom. The predicted molar refractivity (Wildman–Crippen MR) is 56.7 cm³/mol. The Hall–Kier alpha value is -1.86. The van der Waals surface area contributed by atoms with Crippen LogP contribution in [0.1, 0.15) is 27.2 Å². The molecule has 0 saturated carbocycles. The molecule has 0 bridgehead atoms. The SMILES string of the molecule is CCC(=O)OCO/N=N\N(CC(=O)O)C(C)C. The molecular formula is C9H17N3O5. The molecule has 17 heavy (non-hydrogen) atoms. The minimum atomic E-state index is -1.02. The van der Waals surface area contributed by atoms with Crippen molar-refractivity contribution in [3.8, 4) is 0 Å². The summed E-state index contributed by atoms with van der Waals surface area (Å²) in [6.45, 7) is 4.56. The van der Waals surface area contributed by atoms with E-state index in [2.05, 4.69) is 20.1 Å². The third-order valence-electron chi connectivity index (χ3n) is 1.66. The maximum Gasteiger partial charge on any atom is 0.324 e. The maximum absolute atomic E-state index is 10.7. The van der Waals surface area contributed by atoms with Gasteiger partial charge in [0.05, 0.1) is 0 Å². The number of carbonyl (C=O) groups excluding carboxylic acids is 1. The van der Waals surface area contributed by atoms with Crippen molar-refractivity contribution in [3.05, 3.63) is 0 Å². The summed E-state index contributed by atoms with van der Waals surface area (Å²) in [5.74, 6) is -1.43. The fourth-order valence-electron chi connectivity index (χ4n) is 0.746. The van der Waals surface area contributed by atoms with E-state index in [9.17, 15) is 9.59 Å². The lowest BCUT2D eigenvalue weighted by Crippen LogP contribution is -2.30. The van der Waals surface area contributed by atoms with Gasteiger partial charge in [-0.3, -0.25) is 14.6 Å². The molecule has 0 fully saturated rings. The van der Waals surface area contributed by atoms with Gasteiger partial charge in [0, 0.05) is 17.7 Å². The highest BCUT2D eigenvalue weighted by Crippen LogP contribution is 1.99. The Kier molecular flexibility index (Phi) is 7.40. The normalized spacial score (nSPS) is 10.6. The Morgan fingerprint density at radius 2 is 2.06 bits per heavy atom. The highest BCUT2D eigenvalue weighted by molar-refractivity contribution is 5.69. The largest absolute Gasteiger partial charge is 0.480 e. The first-order chi connectivity index (χ1) is 7.97. The van der Waals surface area contributed by atoms with Crippen molar-refractivity contribution in [3.63, 3.8) is 0 Å². The molecule has 0 spiro atoms. The number of carbonyl (C=O) groups is 2. The summed E-state index contributed by atoms with van der Waals surface area (Å²) < 4.78 is 4.56. The van der Waals surface area contributed by atoms with Gasteiger partial charge in [-0.15, -0.1) is 0 Å². The molecule has 0 atom stereocenters. The first kappa shape index (κ1) is 15.1. The van der Waals surface area contributed by atoms with E-state index in [1.165, 1.54) is 5.01 Å². The second-order valence-electron chi connectivity index (χ2n) is 3.37. The van der Waals surface area contributed by atoms with Crippen molar-refractivity contribution in [2.45, 2.75) is 33.2 Å². The molecule has 8 nitrogen and oxygen atoms in total. The zero-order valence-electron chi connectivity index (χ0n) is 10.1. The van der Waals surface area contributed by atoms with E-state index in [4.69, 9.17) is 5.11 Å². The van der Waals surface area contributed by atoms with Gasteiger partial charge >= 0.3 is 11.9 Å². The number of carboxylic acid groups (broad SMARTS) is 1. The van der Waals surface area contributed by atoms with Crippen LogP contribution in [0.3, 0.4) is 0 Å². The molecule has 0 heterocycles. The lowest BCUT2D eigenvalue weighted by atomic mass is 10.4. The summed E-state index contributed by atoms with van der Waals surface area (Å²) in [4.78, 5) is 25.7. The number of carboxylic acids is 1. The number of rotatable bonds is 8. The molecule has 98 valence electrons. The van der Waals surface area contributed by atoms with Gasteiger partial charge in [0.15, 0.2) is 0 Å². The van der Waals surface area contributed by atoms with Crippen LogP contribution in [-0.2, 0) is 19.2 Å². The van der Waals surface area contributed by atoms with E-state index in [0.29, 0.717) is 0 Å². The van der Waals surface area contributed by atoms with Gasteiger partial charge < -0.3 is 14.7 Å². The van der Waals surface area contributed by atoms with Crippen molar-refractivity contribution in [1.82, 2.24) is 5.01 Å². The molecule has 0 aromatic heterocycles. The lowest BCUT2D eigenvalue weighted by molar-refractivity contribution is -0.157. The summed E-state index contributed by atoms with van der Waals surface area (Å²) in [5, 5.41) is 16.6. The number of hydrogen-bond donors (Lipinski definition) is 1. The van der Waals surface area contributed by atoms with Crippen LogP contribution in [0.5, 0.6) is 0 Å². The average molecular weight is 247 g/mol. The van der Waals surface area contributed by atoms with E-state index in [-0.39, 0.29) is 25.8 Å². The molecule has 0 aliphatic carbocycles. The Labute approximate surface area is 99.1 Å². The molecule has 0 amide bonds. The van der Waals surface area contributed by atoms with E-state index in [0.717, 1.165) is 0 Å². The highest BCUT2D eigenvalue weighted by Gasteiger charge is 2.10. The van der Waals surface area contributed by atoms with E-state index >= 15 is 0 Å². The number of nitrogens with zero attached hydrogens (tertiary/aromatic N) is 3. The van der Waals surface area contributed by atoms with Gasteiger partial charge in [-0.2, -0.15) is 0 Å². The fourth-order valence-corrected chi connectivity index (χ4v) is 0.746. The summed E-state index contributed by atoms with van der Waals surface area (Å²) in [6.07, 6.45) is 0.248. The van der Waals surface area contributed by atoms with Crippen LogP contribution in [0.25, 0.3) is 0 Å². The quantitative estimate of drug-likeness (QED) is 0.226. The molecule has 0 aromatic carbocycles. The van der Waals surface area contributed by atoms with Gasteiger partial charge in [-0.25, -0.2) is 0 Å². The van der Waals surface area contributed by atoms with Crippen molar-refractivity contribution in [1.29, 1.82) is 0 Å². The first-order valence-electron chi connectivity index (χ1n) is 5.14. The zero-order valence-corrected chi connectivity index (χ0v) is 10.1. The predicted octanol–water partition coefficient (Wildman–Crippen LogP) is 0.991. The zero-order chi connectivity index (χ0) is 13.3. The third kappa shape index (κ3) is 8.00. The lowest BCUT2D eigenvalue weighted by Gasteiger charge is -2.18. The van der Waals surface area contributed by atoms with Crippen LogP contribution in [0, 0.1) is 0 Å². The Morgan fingerprint density at radius 1 is 1.41 bits per heavy atom. The molecule has 8 heteroatoms. The topological polar surface area (TPSA) is 101 Å². The van der Waals surface area contributed by atoms with Gasteiger partial charge in [-0.1, -0.05) is 6.92 Å². The average Bonchev–Trinajstić information content (AvgIpc) is 2.25. The molecule has 0 aromatic rings. The van der Waals surface area contributed by atoms with Crippen LogP contribution >= 0.6 is 0 Å². The third-order valence-corrected chi connectivity index (χ3v) is 1.66. The molecule has 0 unspecified atom stereocenters. The van der Waals surface area contributed by atoms with Crippen LogP contribution < -0.4 is 0 Å². The van der Waals surface area contributed by atoms with Crippen LogP contribution in [0.2, 0.25) is 0 Å². The van der Waals surface area contributed by atoms with Crippen LogP contribution in [0.4, 0.5) is 0 Å². The molecule has 0 radical (unpaired) electrons. The van der Waals surface area contributed by atoms with Crippen molar-refractivity contribution >= 4 is 11.9 Å². The van der Waals surface area contributed by atoms with Crippen molar-refractivity contribution in [2.75, 3.05) is 13.3 Å². The first-order valence-corrected chi connectivity index (χ1v) is 5.14.